The van der Waals surface area contributed by atoms with E-state index in [4.69, 9.17) is 6.42 Å². The van der Waals surface area contributed by atoms with Crippen molar-refractivity contribution in [3.05, 3.63) is 18.0 Å². The highest BCUT2D eigenvalue weighted by Crippen LogP contribution is 1.97. The molecule has 14 heavy (non-hydrogen) atoms. The van der Waals surface area contributed by atoms with E-state index < -0.39 is 0 Å². The molecule has 0 unspecified atom stereocenters. The molecule has 1 rings (SSSR count). The van der Waals surface area contributed by atoms with Crippen molar-refractivity contribution in [2.24, 2.45) is 7.05 Å². The van der Waals surface area contributed by atoms with Crippen molar-refractivity contribution >= 4 is 11.8 Å². The molecule has 76 valence electrons. The Morgan fingerprint density at radius 1 is 1.71 bits per heavy atom. The van der Waals surface area contributed by atoms with Crippen LogP contribution < -0.4 is 5.32 Å². The van der Waals surface area contributed by atoms with Crippen LogP contribution >= 0.6 is 11.8 Å². The Labute approximate surface area is 89.3 Å². The van der Waals surface area contributed by atoms with Gasteiger partial charge in [0, 0.05) is 37.7 Å². The molecular weight excluding hydrogens is 194 g/mol. The topological polar surface area (TPSA) is 29.9 Å². The molecule has 0 aromatic carbocycles. The predicted molar refractivity (Wildman–Crippen MR) is 61.1 cm³/mol. The fourth-order valence-electron chi connectivity index (χ4n) is 1.07. The molecule has 0 amide bonds. The number of aromatic nitrogens is 2. The van der Waals surface area contributed by atoms with E-state index in [9.17, 15) is 0 Å². The van der Waals surface area contributed by atoms with Crippen LogP contribution in [0.4, 0.5) is 0 Å². The summed E-state index contributed by atoms with van der Waals surface area (Å²) in [5.41, 5.74) is 1.22. The van der Waals surface area contributed by atoms with Gasteiger partial charge in [-0.25, -0.2) is 0 Å². The van der Waals surface area contributed by atoms with Crippen LogP contribution in [0.1, 0.15) is 5.56 Å². The van der Waals surface area contributed by atoms with Crippen molar-refractivity contribution in [2.75, 3.05) is 18.1 Å². The first kappa shape index (κ1) is 11.2. The van der Waals surface area contributed by atoms with E-state index in [-0.39, 0.29) is 0 Å². The van der Waals surface area contributed by atoms with E-state index >= 15 is 0 Å². The quantitative estimate of drug-likeness (QED) is 0.557. The van der Waals surface area contributed by atoms with Gasteiger partial charge in [-0.2, -0.15) is 5.10 Å². The lowest BCUT2D eigenvalue weighted by molar-refractivity contribution is 0.728. The number of nitrogens with zero attached hydrogens (tertiary/aromatic N) is 2. The van der Waals surface area contributed by atoms with Gasteiger partial charge < -0.3 is 5.32 Å². The van der Waals surface area contributed by atoms with Crippen molar-refractivity contribution in [2.45, 2.75) is 6.54 Å². The maximum atomic E-state index is 5.13. The van der Waals surface area contributed by atoms with Gasteiger partial charge in [0.05, 0.1) is 11.9 Å². The van der Waals surface area contributed by atoms with E-state index in [0.29, 0.717) is 0 Å². The fraction of sp³-hybridized carbons (Fsp3) is 0.500. The number of nitrogens with one attached hydrogen (secondary N) is 1. The van der Waals surface area contributed by atoms with E-state index in [1.165, 1.54) is 5.56 Å². The standard InChI is InChI=1S/C10H15N3S/c1-3-5-14-6-4-11-7-10-8-12-13(2)9-10/h1,8-9,11H,4-7H2,2H3. The summed E-state index contributed by atoms with van der Waals surface area (Å²) in [5, 5.41) is 7.42. The van der Waals surface area contributed by atoms with Crippen LogP contribution in [0.15, 0.2) is 12.4 Å². The van der Waals surface area contributed by atoms with E-state index in [1.807, 2.05) is 24.1 Å². The second-order valence-corrected chi connectivity index (χ2v) is 4.06. The average Bonchev–Trinajstić information content (AvgIpc) is 2.58. The summed E-state index contributed by atoms with van der Waals surface area (Å²) in [7, 11) is 1.92. The fourth-order valence-corrected chi connectivity index (χ4v) is 1.62. The number of aryl methyl sites for hydroxylation is 1. The number of hydrogen-bond donors (Lipinski definition) is 1. The second-order valence-electron chi connectivity index (χ2n) is 2.96. The normalized spacial score (nSPS) is 10.0. The molecule has 0 saturated heterocycles. The van der Waals surface area contributed by atoms with Crippen molar-refractivity contribution < 1.29 is 0 Å². The largest absolute Gasteiger partial charge is 0.312 e. The van der Waals surface area contributed by atoms with Gasteiger partial charge in [-0.3, -0.25) is 4.68 Å². The third-order valence-electron chi connectivity index (χ3n) is 1.70. The maximum absolute atomic E-state index is 5.13. The highest BCUT2D eigenvalue weighted by molar-refractivity contribution is 7.99. The van der Waals surface area contributed by atoms with Gasteiger partial charge in [0.1, 0.15) is 0 Å². The van der Waals surface area contributed by atoms with Crippen molar-refractivity contribution in [3.63, 3.8) is 0 Å². The zero-order valence-electron chi connectivity index (χ0n) is 8.36. The van der Waals surface area contributed by atoms with Gasteiger partial charge in [-0.1, -0.05) is 5.92 Å². The van der Waals surface area contributed by atoms with Crippen LogP contribution in [0, 0.1) is 12.3 Å². The lowest BCUT2D eigenvalue weighted by Gasteiger charge is -2.00. The van der Waals surface area contributed by atoms with Gasteiger partial charge in [0.2, 0.25) is 0 Å². The van der Waals surface area contributed by atoms with Crippen molar-refractivity contribution in [1.29, 1.82) is 0 Å². The van der Waals surface area contributed by atoms with Crippen molar-refractivity contribution in [1.82, 2.24) is 15.1 Å². The lowest BCUT2D eigenvalue weighted by Crippen LogP contribution is -2.16. The Balaban J connectivity index is 2.02. The predicted octanol–water partition coefficient (Wildman–Crippen LogP) is 0.876. The number of hydrogen-bond acceptors (Lipinski definition) is 3. The summed E-state index contributed by atoms with van der Waals surface area (Å²) in [6.45, 7) is 1.87. The Kier molecular flexibility index (Phi) is 5.20. The first-order valence-electron chi connectivity index (χ1n) is 4.52. The summed E-state index contributed by atoms with van der Waals surface area (Å²) in [6, 6.07) is 0. The third-order valence-corrected chi connectivity index (χ3v) is 2.56. The monoisotopic (exact) mass is 209 g/mol. The van der Waals surface area contributed by atoms with E-state index in [0.717, 1.165) is 24.6 Å². The van der Waals surface area contributed by atoms with Crippen LogP contribution in [0.2, 0.25) is 0 Å². The summed E-state index contributed by atoms with van der Waals surface area (Å²) in [4.78, 5) is 0. The lowest BCUT2D eigenvalue weighted by atomic mass is 10.3. The Hall–Kier alpha value is -0.920. The molecule has 0 fully saturated rings. The van der Waals surface area contributed by atoms with E-state index in [1.54, 1.807) is 11.8 Å². The summed E-state index contributed by atoms with van der Waals surface area (Å²) in [5.74, 6) is 4.46. The molecule has 1 aromatic rings. The molecule has 0 aliphatic heterocycles. The molecule has 0 saturated carbocycles. The Bertz CT molecular complexity index is 301. The first-order valence-corrected chi connectivity index (χ1v) is 5.68. The van der Waals surface area contributed by atoms with Crippen LogP contribution in [0.3, 0.4) is 0 Å². The molecule has 0 spiro atoms. The van der Waals surface area contributed by atoms with Gasteiger partial charge in [-0.05, 0) is 0 Å². The molecule has 0 bridgehead atoms. The summed E-state index contributed by atoms with van der Waals surface area (Å²) >= 11 is 1.77. The maximum Gasteiger partial charge on any atom is 0.0545 e. The zero-order chi connectivity index (χ0) is 10.2. The zero-order valence-corrected chi connectivity index (χ0v) is 9.18. The molecule has 0 aliphatic rings. The number of rotatable bonds is 6. The summed E-state index contributed by atoms with van der Waals surface area (Å²) in [6.07, 6.45) is 9.03. The molecule has 1 heterocycles. The molecule has 4 heteroatoms. The summed E-state index contributed by atoms with van der Waals surface area (Å²) < 4.78 is 1.81. The van der Waals surface area contributed by atoms with Crippen LogP contribution in [0.5, 0.6) is 0 Å². The van der Waals surface area contributed by atoms with Crippen LogP contribution in [-0.4, -0.2) is 27.8 Å². The van der Waals surface area contributed by atoms with E-state index in [2.05, 4.69) is 16.3 Å². The molecule has 0 atom stereocenters. The second kappa shape index (κ2) is 6.52. The number of terminal acetylenes is 1. The Morgan fingerprint density at radius 2 is 2.57 bits per heavy atom. The average molecular weight is 209 g/mol. The molecule has 0 aliphatic carbocycles. The first-order chi connectivity index (χ1) is 6.83. The molecule has 3 nitrogen and oxygen atoms in total. The minimum atomic E-state index is 0.800. The molecule has 1 aromatic heterocycles. The highest BCUT2D eigenvalue weighted by atomic mass is 32.2. The van der Waals surface area contributed by atoms with Gasteiger partial charge >= 0.3 is 0 Å². The van der Waals surface area contributed by atoms with Gasteiger partial charge in [-0.15, -0.1) is 18.2 Å². The minimum Gasteiger partial charge on any atom is -0.312 e. The van der Waals surface area contributed by atoms with Gasteiger partial charge in [0.15, 0.2) is 0 Å². The Morgan fingerprint density at radius 3 is 3.21 bits per heavy atom. The molecule has 0 radical (unpaired) electrons. The van der Waals surface area contributed by atoms with Gasteiger partial charge in [0.25, 0.3) is 0 Å². The molecular formula is C10H15N3S. The third kappa shape index (κ3) is 4.35. The SMILES string of the molecule is C#CCSCCNCc1cnn(C)c1. The van der Waals surface area contributed by atoms with Crippen LogP contribution in [0.25, 0.3) is 0 Å². The van der Waals surface area contributed by atoms with Crippen molar-refractivity contribution in [3.8, 4) is 12.3 Å². The minimum absolute atomic E-state index is 0.800. The smallest absolute Gasteiger partial charge is 0.0545 e. The van der Waals surface area contributed by atoms with Crippen LogP contribution in [-0.2, 0) is 13.6 Å². The number of thioether (sulfide) groups is 1. The highest BCUT2D eigenvalue weighted by Gasteiger charge is 1.94. The molecule has 1 N–H and O–H groups in total.